The van der Waals surface area contributed by atoms with Gasteiger partial charge in [0.2, 0.25) is 0 Å². The molecule has 0 heterocycles. The Labute approximate surface area is 93.7 Å². The van der Waals surface area contributed by atoms with Crippen molar-refractivity contribution in [3.8, 4) is 0 Å². The van der Waals surface area contributed by atoms with E-state index in [1.807, 2.05) is 13.0 Å². The quantitative estimate of drug-likeness (QED) is 0.329. The SMILES string of the molecule is CCCCCCC/C=C/CC(=O)OCC. The van der Waals surface area contributed by atoms with Crippen LogP contribution in [0.3, 0.4) is 0 Å². The average molecular weight is 212 g/mol. The standard InChI is InChI=1S/C13H24O2/c1-3-5-6-7-8-9-10-11-12-13(14)15-4-2/h10-11H,3-9,12H2,1-2H3/b11-10+. The molecule has 0 aromatic carbocycles. The summed E-state index contributed by atoms with van der Waals surface area (Å²) in [6.45, 7) is 4.53. The average Bonchev–Trinajstić information content (AvgIpc) is 2.22. The van der Waals surface area contributed by atoms with Crippen LogP contribution in [0.5, 0.6) is 0 Å². The molecule has 0 bridgehead atoms. The lowest BCUT2D eigenvalue weighted by molar-refractivity contribution is -0.142. The minimum Gasteiger partial charge on any atom is -0.466 e. The molecule has 0 saturated heterocycles. The minimum atomic E-state index is -0.125. The molecular formula is C13H24O2. The first-order valence-electron chi connectivity index (χ1n) is 6.11. The summed E-state index contributed by atoms with van der Waals surface area (Å²) in [6.07, 6.45) is 12.0. The van der Waals surface area contributed by atoms with Crippen LogP contribution in [0.2, 0.25) is 0 Å². The van der Waals surface area contributed by atoms with Crippen molar-refractivity contribution < 1.29 is 9.53 Å². The van der Waals surface area contributed by atoms with E-state index < -0.39 is 0 Å². The van der Waals surface area contributed by atoms with Crippen molar-refractivity contribution in [2.24, 2.45) is 0 Å². The first-order chi connectivity index (χ1) is 7.31. The van der Waals surface area contributed by atoms with Gasteiger partial charge in [-0.3, -0.25) is 4.79 Å². The van der Waals surface area contributed by atoms with Crippen LogP contribution >= 0.6 is 0 Å². The Morgan fingerprint density at radius 2 is 1.80 bits per heavy atom. The van der Waals surface area contributed by atoms with E-state index in [0.717, 1.165) is 6.42 Å². The molecule has 0 unspecified atom stereocenters. The van der Waals surface area contributed by atoms with E-state index in [1.165, 1.54) is 32.1 Å². The van der Waals surface area contributed by atoms with E-state index in [0.29, 0.717) is 13.0 Å². The number of rotatable bonds is 9. The highest BCUT2D eigenvalue weighted by atomic mass is 16.5. The van der Waals surface area contributed by atoms with E-state index in [1.54, 1.807) is 0 Å². The molecule has 0 amide bonds. The highest BCUT2D eigenvalue weighted by Crippen LogP contribution is 2.05. The summed E-state index contributed by atoms with van der Waals surface area (Å²) in [7, 11) is 0. The second-order valence-electron chi connectivity index (χ2n) is 3.68. The van der Waals surface area contributed by atoms with Crippen LogP contribution in [0.15, 0.2) is 12.2 Å². The Kier molecular flexibility index (Phi) is 10.7. The van der Waals surface area contributed by atoms with Gasteiger partial charge in [0.05, 0.1) is 13.0 Å². The zero-order valence-electron chi connectivity index (χ0n) is 10.1. The van der Waals surface area contributed by atoms with E-state index in [2.05, 4.69) is 13.0 Å². The lowest BCUT2D eigenvalue weighted by atomic mass is 10.1. The summed E-state index contributed by atoms with van der Waals surface area (Å²) in [5, 5.41) is 0. The van der Waals surface area contributed by atoms with Gasteiger partial charge in [0, 0.05) is 0 Å². The molecule has 0 aromatic rings. The second kappa shape index (κ2) is 11.3. The molecule has 88 valence electrons. The number of hydrogen-bond donors (Lipinski definition) is 0. The fourth-order valence-electron chi connectivity index (χ4n) is 1.38. The maximum atomic E-state index is 10.9. The topological polar surface area (TPSA) is 26.3 Å². The fraction of sp³-hybridized carbons (Fsp3) is 0.769. The smallest absolute Gasteiger partial charge is 0.309 e. The molecule has 0 fully saturated rings. The summed E-state index contributed by atoms with van der Waals surface area (Å²) in [4.78, 5) is 10.9. The molecule has 0 rings (SSSR count). The molecule has 0 spiro atoms. The first-order valence-corrected chi connectivity index (χ1v) is 6.11. The molecule has 15 heavy (non-hydrogen) atoms. The number of ether oxygens (including phenoxy) is 1. The summed E-state index contributed by atoms with van der Waals surface area (Å²) in [5.41, 5.74) is 0. The minimum absolute atomic E-state index is 0.125. The predicted molar refractivity (Wildman–Crippen MR) is 63.8 cm³/mol. The molecule has 0 aliphatic carbocycles. The number of carbonyl (C=O) groups excluding carboxylic acids is 1. The van der Waals surface area contributed by atoms with E-state index in [-0.39, 0.29) is 5.97 Å². The zero-order valence-corrected chi connectivity index (χ0v) is 10.1. The van der Waals surface area contributed by atoms with Crippen LogP contribution in [0, 0.1) is 0 Å². The Hall–Kier alpha value is -0.790. The highest BCUT2D eigenvalue weighted by Gasteiger charge is 1.95. The van der Waals surface area contributed by atoms with Crippen molar-refractivity contribution in [2.75, 3.05) is 6.61 Å². The second-order valence-corrected chi connectivity index (χ2v) is 3.68. The summed E-state index contributed by atoms with van der Waals surface area (Å²) in [6, 6.07) is 0. The lowest BCUT2D eigenvalue weighted by Crippen LogP contribution is -2.01. The van der Waals surface area contributed by atoms with Crippen molar-refractivity contribution in [2.45, 2.75) is 58.8 Å². The van der Waals surface area contributed by atoms with Crippen LogP contribution in [-0.2, 0) is 9.53 Å². The number of esters is 1. The number of carbonyl (C=O) groups is 1. The third-order valence-electron chi connectivity index (χ3n) is 2.23. The first kappa shape index (κ1) is 14.2. The van der Waals surface area contributed by atoms with Crippen molar-refractivity contribution >= 4 is 5.97 Å². The third kappa shape index (κ3) is 11.1. The van der Waals surface area contributed by atoms with Gasteiger partial charge in [0.15, 0.2) is 0 Å². The Bertz CT molecular complexity index is 173. The van der Waals surface area contributed by atoms with Crippen LogP contribution < -0.4 is 0 Å². The summed E-state index contributed by atoms with van der Waals surface area (Å²) in [5.74, 6) is -0.125. The van der Waals surface area contributed by atoms with Crippen LogP contribution in [-0.4, -0.2) is 12.6 Å². The molecule has 2 heteroatoms. The molecule has 0 radical (unpaired) electrons. The fourth-order valence-corrected chi connectivity index (χ4v) is 1.38. The molecule has 2 nitrogen and oxygen atoms in total. The molecule has 0 aromatic heterocycles. The van der Waals surface area contributed by atoms with E-state index in [4.69, 9.17) is 4.74 Å². The molecule has 0 atom stereocenters. The van der Waals surface area contributed by atoms with Gasteiger partial charge in [0.1, 0.15) is 0 Å². The van der Waals surface area contributed by atoms with Gasteiger partial charge in [-0.2, -0.15) is 0 Å². The summed E-state index contributed by atoms with van der Waals surface area (Å²) >= 11 is 0. The van der Waals surface area contributed by atoms with Gasteiger partial charge in [-0.25, -0.2) is 0 Å². The Morgan fingerprint density at radius 1 is 1.07 bits per heavy atom. The van der Waals surface area contributed by atoms with Gasteiger partial charge in [0.25, 0.3) is 0 Å². The van der Waals surface area contributed by atoms with Gasteiger partial charge in [-0.1, -0.05) is 44.8 Å². The van der Waals surface area contributed by atoms with Gasteiger partial charge in [-0.05, 0) is 19.8 Å². The maximum Gasteiger partial charge on any atom is 0.309 e. The van der Waals surface area contributed by atoms with Gasteiger partial charge < -0.3 is 4.74 Å². The number of allylic oxidation sites excluding steroid dienone is 1. The van der Waals surface area contributed by atoms with Crippen LogP contribution in [0.1, 0.15) is 58.8 Å². The van der Waals surface area contributed by atoms with E-state index >= 15 is 0 Å². The number of hydrogen-bond acceptors (Lipinski definition) is 2. The normalized spacial score (nSPS) is 10.8. The summed E-state index contributed by atoms with van der Waals surface area (Å²) < 4.78 is 4.81. The highest BCUT2D eigenvalue weighted by molar-refractivity contribution is 5.71. The number of unbranched alkanes of at least 4 members (excludes halogenated alkanes) is 5. The zero-order chi connectivity index (χ0) is 11.4. The third-order valence-corrected chi connectivity index (χ3v) is 2.23. The van der Waals surface area contributed by atoms with Gasteiger partial charge >= 0.3 is 5.97 Å². The van der Waals surface area contributed by atoms with Gasteiger partial charge in [-0.15, -0.1) is 0 Å². The van der Waals surface area contributed by atoms with Crippen molar-refractivity contribution in [3.05, 3.63) is 12.2 Å². The molecular weight excluding hydrogens is 188 g/mol. The predicted octanol–water partition coefficient (Wildman–Crippen LogP) is 3.86. The van der Waals surface area contributed by atoms with Crippen molar-refractivity contribution in [1.82, 2.24) is 0 Å². The van der Waals surface area contributed by atoms with E-state index in [9.17, 15) is 4.79 Å². The molecule has 0 saturated carbocycles. The Balaban J connectivity index is 3.20. The largest absolute Gasteiger partial charge is 0.466 e. The lowest BCUT2D eigenvalue weighted by Gasteiger charge is -1.97. The maximum absolute atomic E-state index is 10.9. The van der Waals surface area contributed by atoms with Crippen LogP contribution in [0.4, 0.5) is 0 Å². The van der Waals surface area contributed by atoms with Crippen LogP contribution in [0.25, 0.3) is 0 Å². The van der Waals surface area contributed by atoms with Crippen molar-refractivity contribution in [1.29, 1.82) is 0 Å². The molecule has 0 N–H and O–H groups in total. The Morgan fingerprint density at radius 3 is 2.47 bits per heavy atom. The monoisotopic (exact) mass is 212 g/mol. The molecule has 0 aliphatic heterocycles. The van der Waals surface area contributed by atoms with Crippen molar-refractivity contribution in [3.63, 3.8) is 0 Å². The molecule has 0 aliphatic rings.